The van der Waals surface area contributed by atoms with Crippen molar-refractivity contribution in [2.24, 2.45) is 11.8 Å². The van der Waals surface area contributed by atoms with Crippen LogP contribution in [0.15, 0.2) is 24.3 Å². The number of hydrogen-bond acceptors (Lipinski definition) is 3. The zero-order chi connectivity index (χ0) is 14.5. The summed E-state index contributed by atoms with van der Waals surface area (Å²) < 4.78 is 0. The average Bonchev–Trinajstić information content (AvgIpc) is 2.46. The third-order valence-corrected chi connectivity index (χ3v) is 3.84. The molecule has 108 valence electrons. The van der Waals surface area contributed by atoms with Crippen molar-refractivity contribution in [3.63, 3.8) is 0 Å². The minimum absolute atomic E-state index is 0.00229. The number of nitrogens with two attached hydrogens (primary N) is 1. The molecule has 1 aromatic carbocycles. The number of nitrogens with one attached hydrogen (secondary N) is 2. The molecule has 1 saturated carbocycles. The van der Waals surface area contributed by atoms with E-state index in [-0.39, 0.29) is 23.8 Å². The Kier molecular flexibility index (Phi) is 4.98. The molecule has 0 heterocycles. The molecular formula is C14H18ClN3O2. The Labute approximate surface area is 122 Å². The highest BCUT2D eigenvalue weighted by Gasteiger charge is 2.27. The second-order valence-corrected chi connectivity index (χ2v) is 5.49. The quantitative estimate of drug-likeness (QED) is 0.450. The Balaban J connectivity index is 1.96. The summed E-state index contributed by atoms with van der Waals surface area (Å²) >= 11 is 5.87. The predicted molar refractivity (Wildman–Crippen MR) is 77.0 cm³/mol. The summed E-state index contributed by atoms with van der Waals surface area (Å²) in [4.78, 5) is 23.7. The largest absolute Gasteiger partial charge is 0.349 e. The van der Waals surface area contributed by atoms with E-state index in [0.29, 0.717) is 17.0 Å². The van der Waals surface area contributed by atoms with Gasteiger partial charge in [-0.3, -0.25) is 15.0 Å². The van der Waals surface area contributed by atoms with Gasteiger partial charge in [0.05, 0.1) is 0 Å². The van der Waals surface area contributed by atoms with Crippen LogP contribution < -0.4 is 16.6 Å². The van der Waals surface area contributed by atoms with Gasteiger partial charge in [0.2, 0.25) is 5.91 Å². The molecule has 0 bridgehead atoms. The molecule has 1 aliphatic carbocycles. The maximum Gasteiger partial charge on any atom is 0.251 e. The average molecular weight is 296 g/mol. The van der Waals surface area contributed by atoms with Gasteiger partial charge in [-0.1, -0.05) is 24.1 Å². The fraction of sp³-hybridized carbons (Fsp3) is 0.429. The molecule has 1 aromatic rings. The molecule has 0 aliphatic heterocycles. The molecule has 2 amide bonds. The summed E-state index contributed by atoms with van der Waals surface area (Å²) in [7, 11) is 0. The van der Waals surface area contributed by atoms with Gasteiger partial charge in [-0.15, -0.1) is 0 Å². The Morgan fingerprint density at radius 3 is 2.80 bits per heavy atom. The molecular weight excluding hydrogens is 278 g/mol. The maximum absolute atomic E-state index is 12.1. The molecule has 5 nitrogen and oxygen atoms in total. The highest BCUT2D eigenvalue weighted by Crippen LogP contribution is 2.24. The van der Waals surface area contributed by atoms with E-state index in [1.807, 2.05) is 0 Å². The molecule has 1 fully saturated rings. The Morgan fingerprint density at radius 2 is 2.10 bits per heavy atom. The van der Waals surface area contributed by atoms with Crippen molar-refractivity contribution < 1.29 is 9.59 Å². The van der Waals surface area contributed by atoms with Crippen molar-refractivity contribution in [2.75, 3.05) is 0 Å². The number of hydrogen-bond donors (Lipinski definition) is 3. The molecule has 2 rings (SSSR count). The molecule has 0 aromatic heterocycles. The molecule has 0 saturated heterocycles. The third-order valence-electron chi connectivity index (χ3n) is 3.61. The minimum Gasteiger partial charge on any atom is -0.349 e. The zero-order valence-corrected chi connectivity index (χ0v) is 11.8. The summed E-state index contributed by atoms with van der Waals surface area (Å²) in [6, 6.07) is 6.80. The van der Waals surface area contributed by atoms with E-state index in [1.54, 1.807) is 24.3 Å². The number of amides is 2. The van der Waals surface area contributed by atoms with E-state index in [9.17, 15) is 9.59 Å². The van der Waals surface area contributed by atoms with E-state index >= 15 is 0 Å². The van der Waals surface area contributed by atoms with Crippen molar-refractivity contribution in [2.45, 2.75) is 31.7 Å². The van der Waals surface area contributed by atoms with Crippen LogP contribution in [0.25, 0.3) is 0 Å². The molecule has 4 N–H and O–H groups in total. The van der Waals surface area contributed by atoms with Crippen molar-refractivity contribution >= 4 is 23.4 Å². The van der Waals surface area contributed by atoms with Crippen molar-refractivity contribution in [1.29, 1.82) is 0 Å². The van der Waals surface area contributed by atoms with Crippen LogP contribution >= 0.6 is 11.6 Å². The molecule has 0 spiro atoms. The van der Waals surface area contributed by atoms with Crippen LogP contribution in [0.4, 0.5) is 0 Å². The molecule has 6 heteroatoms. The van der Waals surface area contributed by atoms with Crippen LogP contribution in [0.2, 0.25) is 5.02 Å². The summed E-state index contributed by atoms with van der Waals surface area (Å²) in [6.07, 6.45) is 3.21. The monoisotopic (exact) mass is 295 g/mol. The van der Waals surface area contributed by atoms with Gasteiger partial charge in [0, 0.05) is 22.5 Å². The lowest BCUT2D eigenvalue weighted by atomic mass is 9.85. The van der Waals surface area contributed by atoms with Crippen molar-refractivity contribution in [3.05, 3.63) is 34.9 Å². The minimum atomic E-state index is -0.161. The molecule has 0 radical (unpaired) electrons. The first kappa shape index (κ1) is 14.8. The first-order valence-electron chi connectivity index (χ1n) is 6.67. The predicted octanol–water partition coefficient (Wildman–Crippen LogP) is 1.62. The van der Waals surface area contributed by atoms with Crippen LogP contribution in [0.1, 0.15) is 36.0 Å². The Bertz CT molecular complexity index is 507. The number of benzene rings is 1. The lowest BCUT2D eigenvalue weighted by molar-refractivity contribution is -0.126. The molecule has 20 heavy (non-hydrogen) atoms. The first-order valence-corrected chi connectivity index (χ1v) is 7.05. The van der Waals surface area contributed by atoms with Crippen LogP contribution in [-0.2, 0) is 4.79 Å². The lowest BCUT2D eigenvalue weighted by Crippen LogP contribution is -2.44. The summed E-state index contributed by atoms with van der Waals surface area (Å²) in [6.45, 7) is 0. The van der Waals surface area contributed by atoms with Crippen LogP contribution in [0.5, 0.6) is 0 Å². The second kappa shape index (κ2) is 6.72. The SMILES string of the molecule is NNC(=O)C1CCCC(NC(=O)c2cccc(Cl)c2)C1. The Hall–Kier alpha value is -1.59. The van der Waals surface area contributed by atoms with Crippen molar-refractivity contribution in [1.82, 2.24) is 10.7 Å². The first-order chi connectivity index (χ1) is 9.60. The fourth-order valence-electron chi connectivity index (χ4n) is 2.58. The van der Waals surface area contributed by atoms with Crippen LogP contribution in [0.3, 0.4) is 0 Å². The zero-order valence-electron chi connectivity index (χ0n) is 11.1. The van der Waals surface area contributed by atoms with Gasteiger partial charge >= 0.3 is 0 Å². The number of carbonyl (C=O) groups is 2. The fourth-order valence-corrected chi connectivity index (χ4v) is 2.77. The number of carbonyl (C=O) groups excluding carboxylic acids is 2. The molecule has 2 atom stereocenters. The Morgan fingerprint density at radius 1 is 1.30 bits per heavy atom. The van der Waals surface area contributed by atoms with Crippen LogP contribution in [-0.4, -0.2) is 17.9 Å². The lowest BCUT2D eigenvalue weighted by Gasteiger charge is -2.28. The van der Waals surface area contributed by atoms with E-state index in [4.69, 9.17) is 17.4 Å². The topological polar surface area (TPSA) is 84.2 Å². The summed E-state index contributed by atoms with van der Waals surface area (Å²) in [5.74, 6) is 4.71. The van der Waals surface area contributed by atoms with Crippen LogP contribution in [0, 0.1) is 5.92 Å². The summed E-state index contributed by atoms with van der Waals surface area (Å²) in [5.41, 5.74) is 2.71. The number of rotatable bonds is 3. The highest BCUT2D eigenvalue weighted by molar-refractivity contribution is 6.30. The van der Waals surface area contributed by atoms with Crippen molar-refractivity contribution in [3.8, 4) is 0 Å². The van der Waals surface area contributed by atoms with E-state index in [1.165, 1.54) is 0 Å². The summed E-state index contributed by atoms with van der Waals surface area (Å²) in [5, 5.41) is 3.48. The smallest absolute Gasteiger partial charge is 0.251 e. The third kappa shape index (κ3) is 3.71. The van der Waals surface area contributed by atoms with E-state index in [2.05, 4.69) is 10.7 Å². The number of hydrazine groups is 1. The van der Waals surface area contributed by atoms with Gasteiger partial charge < -0.3 is 5.32 Å². The molecule has 1 aliphatic rings. The van der Waals surface area contributed by atoms with E-state index < -0.39 is 0 Å². The normalized spacial score (nSPS) is 22.1. The van der Waals surface area contributed by atoms with E-state index in [0.717, 1.165) is 19.3 Å². The van der Waals surface area contributed by atoms with Gasteiger partial charge in [0.15, 0.2) is 0 Å². The second-order valence-electron chi connectivity index (χ2n) is 5.05. The van der Waals surface area contributed by atoms with Gasteiger partial charge in [-0.25, -0.2) is 5.84 Å². The molecule has 2 unspecified atom stereocenters. The maximum atomic E-state index is 12.1. The highest BCUT2D eigenvalue weighted by atomic mass is 35.5. The van der Waals surface area contributed by atoms with Gasteiger partial charge in [0.1, 0.15) is 0 Å². The van der Waals surface area contributed by atoms with Gasteiger partial charge in [-0.2, -0.15) is 0 Å². The van der Waals surface area contributed by atoms with Gasteiger partial charge in [-0.05, 0) is 37.5 Å². The standard InChI is InChI=1S/C14H18ClN3O2/c15-11-5-1-3-9(7-11)13(19)17-12-6-2-4-10(8-12)14(20)18-16/h1,3,5,7,10,12H,2,4,6,8,16H2,(H,17,19)(H,18,20). The van der Waals surface area contributed by atoms with Gasteiger partial charge in [0.25, 0.3) is 5.91 Å². The number of halogens is 1.